The standard InChI is InChI=1S/C13H10ClF3N4O/c14-11-3-10(9(6-21-11)13(15,16)17)20-4-7-1-2-19-5-8(7)12(18)22/h1-3,5-6H,4H2,(H2,18,22)(H,20,21). The second-order valence-electron chi connectivity index (χ2n) is 4.30. The van der Waals surface area contributed by atoms with Gasteiger partial charge in [-0.1, -0.05) is 11.6 Å². The van der Waals surface area contributed by atoms with E-state index in [9.17, 15) is 18.0 Å². The van der Waals surface area contributed by atoms with Gasteiger partial charge >= 0.3 is 6.18 Å². The number of nitrogens with zero attached hydrogens (tertiary/aromatic N) is 2. The molecule has 0 radical (unpaired) electrons. The second kappa shape index (κ2) is 6.18. The zero-order valence-electron chi connectivity index (χ0n) is 11.0. The van der Waals surface area contributed by atoms with Crippen LogP contribution < -0.4 is 11.1 Å². The number of aromatic nitrogens is 2. The molecule has 5 nitrogen and oxygen atoms in total. The van der Waals surface area contributed by atoms with Crippen molar-refractivity contribution in [1.82, 2.24) is 9.97 Å². The molecule has 2 aromatic heterocycles. The van der Waals surface area contributed by atoms with E-state index in [2.05, 4.69) is 15.3 Å². The third-order valence-corrected chi connectivity index (χ3v) is 3.03. The van der Waals surface area contributed by atoms with Gasteiger partial charge in [0.05, 0.1) is 16.8 Å². The van der Waals surface area contributed by atoms with E-state index in [1.54, 1.807) is 0 Å². The Morgan fingerprint density at radius 3 is 2.73 bits per heavy atom. The number of amides is 1. The summed E-state index contributed by atoms with van der Waals surface area (Å²) in [5.74, 6) is -0.714. The fourth-order valence-electron chi connectivity index (χ4n) is 1.79. The number of rotatable bonds is 4. The molecular weight excluding hydrogens is 321 g/mol. The van der Waals surface area contributed by atoms with Crippen LogP contribution in [0.15, 0.2) is 30.7 Å². The summed E-state index contributed by atoms with van der Waals surface area (Å²) in [6, 6.07) is 2.55. The molecule has 0 saturated heterocycles. The molecule has 0 atom stereocenters. The van der Waals surface area contributed by atoms with Gasteiger partial charge in [0, 0.05) is 25.1 Å². The zero-order valence-corrected chi connectivity index (χ0v) is 11.7. The minimum atomic E-state index is -4.58. The lowest BCUT2D eigenvalue weighted by Crippen LogP contribution is -2.17. The molecular formula is C13H10ClF3N4O. The number of hydrogen-bond donors (Lipinski definition) is 2. The minimum Gasteiger partial charge on any atom is -0.380 e. The minimum absolute atomic E-state index is 0.0514. The van der Waals surface area contributed by atoms with Crippen molar-refractivity contribution in [3.8, 4) is 0 Å². The third-order valence-electron chi connectivity index (χ3n) is 2.82. The molecule has 0 aliphatic rings. The van der Waals surface area contributed by atoms with Crippen molar-refractivity contribution < 1.29 is 18.0 Å². The van der Waals surface area contributed by atoms with Gasteiger partial charge in [0.2, 0.25) is 0 Å². The maximum Gasteiger partial charge on any atom is 0.419 e. The fraction of sp³-hybridized carbons (Fsp3) is 0.154. The van der Waals surface area contributed by atoms with Crippen molar-refractivity contribution in [3.05, 3.63) is 52.6 Å². The van der Waals surface area contributed by atoms with E-state index >= 15 is 0 Å². The maximum absolute atomic E-state index is 12.9. The van der Waals surface area contributed by atoms with Crippen molar-refractivity contribution in [1.29, 1.82) is 0 Å². The highest BCUT2D eigenvalue weighted by Crippen LogP contribution is 2.35. The first-order chi connectivity index (χ1) is 10.3. The van der Waals surface area contributed by atoms with Crippen LogP contribution in [0.25, 0.3) is 0 Å². The molecule has 0 aliphatic carbocycles. The first-order valence-corrected chi connectivity index (χ1v) is 6.36. The lowest BCUT2D eigenvalue weighted by Gasteiger charge is -2.15. The summed E-state index contributed by atoms with van der Waals surface area (Å²) in [7, 11) is 0. The van der Waals surface area contributed by atoms with Gasteiger partial charge in [0.15, 0.2) is 0 Å². The zero-order chi connectivity index (χ0) is 16.3. The predicted molar refractivity (Wildman–Crippen MR) is 74.3 cm³/mol. The van der Waals surface area contributed by atoms with Crippen LogP contribution in [0.3, 0.4) is 0 Å². The molecule has 3 N–H and O–H groups in total. The molecule has 9 heteroatoms. The topological polar surface area (TPSA) is 80.9 Å². The van der Waals surface area contributed by atoms with Crippen molar-refractivity contribution in [2.75, 3.05) is 5.32 Å². The number of primary amides is 1. The molecule has 0 unspecified atom stereocenters. The van der Waals surface area contributed by atoms with Gasteiger partial charge in [-0.3, -0.25) is 9.78 Å². The number of pyridine rings is 2. The van der Waals surface area contributed by atoms with Gasteiger partial charge < -0.3 is 11.1 Å². The Kier molecular flexibility index (Phi) is 4.51. The molecule has 22 heavy (non-hydrogen) atoms. The van der Waals surface area contributed by atoms with Crippen LogP contribution in [0.4, 0.5) is 18.9 Å². The molecule has 0 aliphatic heterocycles. The summed E-state index contributed by atoms with van der Waals surface area (Å²) in [5.41, 5.74) is 4.55. The van der Waals surface area contributed by atoms with E-state index in [1.165, 1.54) is 18.5 Å². The predicted octanol–water partition coefficient (Wildman–Crippen LogP) is 2.86. The van der Waals surface area contributed by atoms with Gasteiger partial charge in [-0.15, -0.1) is 0 Å². The quantitative estimate of drug-likeness (QED) is 0.845. The number of hydrogen-bond acceptors (Lipinski definition) is 4. The van der Waals surface area contributed by atoms with E-state index in [0.29, 0.717) is 11.8 Å². The van der Waals surface area contributed by atoms with Crippen molar-refractivity contribution in [3.63, 3.8) is 0 Å². The molecule has 0 spiro atoms. The monoisotopic (exact) mass is 330 g/mol. The molecule has 116 valence electrons. The Hall–Kier alpha value is -2.35. The van der Waals surface area contributed by atoms with Gasteiger partial charge in [0.25, 0.3) is 5.91 Å². The number of nitrogens with one attached hydrogen (secondary N) is 1. The third kappa shape index (κ3) is 3.64. The molecule has 0 saturated carbocycles. The molecule has 2 rings (SSSR count). The number of carbonyl (C=O) groups excluding carboxylic acids is 1. The van der Waals surface area contributed by atoms with E-state index in [1.807, 2.05) is 0 Å². The van der Waals surface area contributed by atoms with Gasteiger partial charge in [0.1, 0.15) is 5.15 Å². The number of nitrogens with two attached hydrogens (primary N) is 1. The highest BCUT2D eigenvalue weighted by atomic mass is 35.5. The molecule has 0 aromatic carbocycles. The maximum atomic E-state index is 12.9. The summed E-state index contributed by atoms with van der Waals surface area (Å²) in [4.78, 5) is 18.4. The molecule has 1 amide bonds. The van der Waals surface area contributed by atoms with E-state index in [-0.39, 0.29) is 22.9 Å². The number of carbonyl (C=O) groups is 1. The second-order valence-corrected chi connectivity index (χ2v) is 4.69. The first-order valence-electron chi connectivity index (χ1n) is 5.98. The van der Waals surface area contributed by atoms with Crippen LogP contribution in [-0.2, 0) is 12.7 Å². The van der Waals surface area contributed by atoms with Crippen LogP contribution in [0, 0.1) is 0 Å². The normalized spacial score (nSPS) is 11.3. The van der Waals surface area contributed by atoms with E-state index in [0.717, 1.165) is 6.07 Å². The Balaban J connectivity index is 2.29. The first kappa shape index (κ1) is 16.0. The van der Waals surface area contributed by atoms with Crippen LogP contribution in [0.5, 0.6) is 0 Å². The van der Waals surface area contributed by atoms with Gasteiger partial charge in [-0.05, 0) is 17.7 Å². The Morgan fingerprint density at radius 2 is 2.09 bits per heavy atom. The molecule has 2 heterocycles. The summed E-state index contributed by atoms with van der Waals surface area (Å²) >= 11 is 5.63. The number of anilines is 1. The van der Waals surface area contributed by atoms with Crippen molar-refractivity contribution in [2.24, 2.45) is 5.73 Å². The fourth-order valence-corrected chi connectivity index (χ4v) is 1.95. The largest absolute Gasteiger partial charge is 0.419 e. The Morgan fingerprint density at radius 1 is 1.36 bits per heavy atom. The average Bonchev–Trinajstić information content (AvgIpc) is 2.44. The average molecular weight is 331 g/mol. The van der Waals surface area contributed by atoms with E-state index < -0.39 is 17.6 Å². The lowest BCUT2D eigenvalue weighted by molar-refractivity contribution is -0.137. The van der Waals surface area contributed by atoms with Crippen LogP contribution in [-0.4, -0.2) is 15.9 Å². The van der Waals surface area contributed by atoms with Crippen molar-refractivity contribution >= 4 is 23.2 Å². The van der Waals surface area contributed by atoms with E-state index in [4.69, 9.17) is 17.3 Å². The van der Waals surface area contributed by atoms with Crippen molar-refractivity contribution in [2.45, 2.75) is 12.7 Å². The Labute approximate surface area is 128 Å². The highest BCUT2D eigenvalue weighted by molar-refractivity contribution is 6.29. The summed E-state index contributed by atoms with van der Waals surface area (Å²) < 4.78 is 38.7. The van der Waals surface area contributed by atoms with Gasteiger partial charge in [-0.2, -0.15) is 13.2 Å². The lowest BCUT2D eigenvalue weighted by atomic mass is 10.1. The highest BCUT2D eigenvalue weighted by Gasteiger charge is 2.34. The summed E-state index contributed by atoms with van der Waals surface area (Å²) in [6.45, 7) is -0.0514. The summed E-state index contributed by atoms with van der Waals surface area (Å²) in [6.07, 6.45) is -1.27. The number of halogens is 4. The van der Waals surface area contributed by atoms with Crippen LogP contribution in [0.1, 0.15) is 21.5 Å². The van der Waals surface area contributed by atoms with Crippen LogP contribution >= 0.6 is 11.6 Å². The smallest absolute Gasteiger partial charge is 0.380 e. The Bertz CT molecular complexity index is 706. The SMILES string of the molecule is NC(=O)c1cnccc1CNc1cc(Cl)ncc1C(F)(F)F. The molecule has 0 fully saturated rings. The molecule has 2 aromatic rings. The number of alkyl halides is 3. The summed E-state index contributed by atoms with van der Waals surface area (Å²) in [5, 5.41) is 2.51. The molecule has 0 bridgehead atoms. The van der Waals surface area contributed by atoms with Crippen LogP contribution in [0.2, 0.25) is 5.15 Å². The van der Waals surface area contributed by atoms with Gasteiger partial charge in [-0.25, -0.2) is 4.98 Å².